The number of alkyl halides is 3. The fraction of sp³-hybridized carbons (Fsp3) is 0.375. The third-order valence-corrected chi connectivity index (χ3v) is 3.08. The molecular formula is C16H19F3N2O. The molecule has 0 heterocycles. The van der Waals surface area contributed by atoms with Crippen LogP contribution in [-0.4, -0.2) is 35.8 Å². The lowest BCUT2D eigenvalue weighted by Gasteiger charge is -2.18. The molecule has 0 radical (unpaired) electrons. The number of halogens is 3. The second-order valence-corrected chi connectivity index (χ2v) is 5.14. The van der Waals surface area contributed by atoms with Gasteiger partial charge in [0.05, 0.1) is 5.57 Å². The van der Waals surface area contributed by atoms with Crippen molar-refractivity contribution in [3.05, 3.63) is 42.0 Å². The fourth-order valence-corrected chi connectivity index (χ4v) is 1.58. The van der Waals surface area contributed by atoms with Crippen LogP contribution in [0.25, 0.3) is 5.57 Å². The van der Waals surface area contributed by atoms with Crippen LogP contribution in [0.15, 0.2) is 41.5 Å². The van der Waals surface area contributed by atoms with E-state index in [4.69, 9.17) is 0 Å². The van der Waals surface area contributed by atoms with E-state index in [2.05, 4.69) is 5.10 Å². The first kappa shape index (κ1) is 17.9. The Morgan fingerprint density at radius 2 is 1.77 bits per heavy atom. The van der Waals surface area contributed by atoms with Gasteiger partial charge in [-0.15, -0.1) is 0 Å². The summed E-state index contributed by atoms with van der Waals surface area (Å²) < 4.78 is 39.4. The van der Waals surface area contributed by atoms with E-state index < -0.39 is 17.5 Å². The first-order valence-electron chi connectivity index (χ1n) is 6.79. The number of benzene rings is 1. The summed E-state index contributed by atoms with van der Waals surface area (Å²) in [5.74, 6) is -0.760. The summed E-state index contributed by atoms with van der Waals surface area (Å²) >= 11 is 0. The summed E-state index contributed by atoms with van der Waals surface area (Å²) in [7, 11) is 1.66. The van der Waals surface area contributed by atoms with Gasteiger partial charge in [-0.05, 0) is 26.3 Å². The number of hydrogen-bond acceptors (Lipinski definition) is 3. The third-order valence-electron chi connectivity index (χ3n) is 3.08. The molecule has 6 heteroatoms. The molecule has 120 valence electrons. The summed E-state index contributed by atoms with van der Waals surface area (Å²) in [6.45, 7) is 5.13. The molecule has 3 nitrogen and oxygen atoms in total. The second-order valence-electron chi connectivity index (χ2n) is 5.14. The van der Waals surface area contributed by atoms with Crippen molar-refractivity contribution >= 4 is 17.1 Å². The van der Waals surface area contributed by atoms with Crippen LogP contribution >= 0.6 is 0 Å². The lowest BCUT2D eigenvalue weighted by atomic mass is 10.0. The van der Waals surface area contributed by atoms with E-state index in [0.717, 1.165) is 0 Å². The standard InChI is InChI=1S/C16H19F3N2O/c1-11(2)21(4)20-12(3)15(22)10-14(16(17,18)19)13-8-6-5-7-9-13/h5-11H,1-4H3/b14-10+,20-12+. The number of carbonyl (C=O) groups is 1. The Labute approximate surface area is 128 Å². The van der Waals surface area contributed by atoms with Crippen LogP contribution in [0, 0.1) is 0 Å². The maximum Gasteiger partial charge on any atom is 0.417 e. The lowest BCUT2D eigenvalue weighted by molar-refractivity contribution is -0.109. The Kier molecular flexibility index (Phi) is 5.91. The molecule has 1 aromatic rings. The van der Waals surface area contributed by atoms with Crippen molar-refractivity contribution in [3.8, 4) is 0 Å². The lowest BCUT2D eigenvalue weighted by Crippen LogP contribution is -2.24. The fourth-order valence-electron chi connectivity index (χ4n) is 1.58. The van der Waals surface area contributed by atoms with Gasteiger partial charge in [-0.1, -0.05) is 30.3 Å². The topological polar surface area (TPSA) is 32.7 Å². The number of hydrazone groups is 1. The van der Waals surface area contributed by atoms with E-state index in [0.29, 0.717) is 6.08 Å². The summed E-state index contributed by atoms with van der Waals surface area (Å²) in [5.41, 5.74) is -1.01. The highest BCUT2D eigenvalue weighted by Gasteiger charge is 2.35. The summed E-state index contributed by atoms with van der Waals surface area (Å²) in [6.07, 6.45) is -4.01. The van der Waals surface area contributed by atoms with Crippen molar-refractivity contribution in [1.29, 1.82) is 0 Å². The number of hydrogen-bond donors (Lipinski definition) is 0. The molecule has 0 unspecified atom stereocenters. The number of ketones is 1. The van der Waals surface area contributed by atoms with Gasteiger partial charge in [0.15, 0.2) is 0 Å². The molecular weight excluding hydrogens is 293 g/mol. The quantitative estimate of drug-likeness (QED) is 0.469. The van der Waals surface area contributed by atoms with Gasteiger partial charge >= 0.3 is 6.18 Å². The van der Waals surface area contributed by atoms with Crippen molar-refractivity contribution in [2.75, 3.05) is 7.05 Å². The highest BCUT2D eigenvalue weighted by Crippen LogP contribution is 2.33. The Morgan fingerprint density at radius 1 is 1.23 bits per heavy atom. The van der Waals surface area contributed by atoms with Gasteiger partial charge in [-0.2, -0.15) is 18.3 Å². The second kappa shape index (κ2) is 7.24. The van der Waals surface area contributed by atoms with Crippen LogP contribution in [0.2, 0.25) is 0 Å². The van der Waals surface area contributed by atoms with Crippen molar-refractivity contribution in [1.82, 2.24) is 5.01 Å². The molecule has 0 aliphatic carbocycles. The Balaban J connectivity index is 3.16. The highest BCUT2D eigenvalue weighted by molar-refractivity contribution is 6.44. The molecule has 0 aromatic heterocycles. The monoisotopic (exact) mass is 312 g/mol. The molecule has 0 aliphatic rings. The molecule has 0 saturated carbocycles. The molecule has 0 N–H and O–H groups in total. The Hall–Kier alpha value is -2.11. The molecule has 22 heavy (non-hydrogen) atoms. The molecule has 0 amide bonds. The van der Waals surface area contributed by atoms with E-state index >= 15 is 0 Å². The first-order valence-corrected chi connectivity index (χ1v) is 6.79. The summed E-state index contributed by atoms with van der Waals surface area (Å²) in [4.78, 5) is 12.0. The van der Waals surface area contributed by atoms with Crippen molar-refractivity contribution in [2.24, 2.45) is 5.10 Å². The zero-order chi connectivity index (χ0) is 16.9. The van der Waals surface area contributed by atoms with Crippen LogP contribution in [0.1, 0.15) is 26.3 Å². The number of carbonyl (C=O) groups excluding carboxylic acids is 1. The largest absolute Gasteiger partial charge is 0.417 e. The molecule has 0 fully saturated rings. The van der Waals surface area contributed by atoms with Crippen LogP contribution in [-0.2, 0) is 4.79 Å². The minimum absolute atomic E-state index is 0.00822. The zero-order valence-corrected chi connectivity index (χ0v) is 13.0. The van der Waals surface area contributed by atoms with Crippen molar-refractivity contribution < 1.29 is 18.0 Å². The van der Waals surface area contributed by atoms with Gasteiger partial charge in [0, 0.05) is 19.2 Å². The maximum atomic E-state index is 13.1. The molecule has 0 spiro atoms. The number of rotatable bonds is 5. The van der Waals surface area contributed by atoms with Gasteiger partial charge in [0.1, 0.15) is 5.71 Å². The van der Waals surface area contributed by atoms with Crippen LogP contribution in [0.3, 0.4) is 0 Å². The van der Waals surface area contributed by atoms with Gasteiger partial charge in [0.25, 0.3) is 0 Å². The number of allylic oxidation sites excluding steroid dienone is 2. The number of nitrogens with zero attached hydrogens (tertiary/aromatic N) is 2. The average molecular weight is 312 g/mol. The van der Waals surface area contributed by atoms with Gasteiger partial charge in [-0.3, -0.25) is 9.80 Å². The summed E-state index contributed by atoms with van der Waals surface area (Å²) in [5, 5.41) is 5.52. The van der Waals surface area contributed by atoms with E-state index in [1.807, 2.05) is 13.8 Å². The van der Waals surface area contributed by atoms with E-state index in [9.17, 15) is 18.0 Å². The third kappa shape index (κ3) is 5.02. The highest BCUT2D eigenvalue weighted by atomic mass is 19.4. The van der Waals surface area contributed by atoms with Crippen molar-refractivity contribution in [3.63, 3.8) is 0 Å². The van der Waals surface area contributed by atoms with Gasteiger partial charge in [-0.25, -0.2) is 0 Å². The SMILES string of the molecule is C/C(=N\N(C)C(C)C)C(=O)/C=C(\c1ccccc1)C(F)(F)F. The van der Waals surface area contributed by atoms with E-state index in [1.54, 1.807) is 13.1 Å². The van der Waals surface area contributed by atoms with E-state index in [-0.39, 0.29) is 17.3 Å². The summed E-state index contributed by atoms with van der Waals surface area (Å²) in [6, 6.07) is 7.28. The maximum absolute atomic E-state index is 13.1. The first-order chi connectivity index (χ1) is 10.1. The minimum atomic E-state index is -4.61. The molecule has 0 atom stereocenters. The predicted molar refractivity (Wildman–Crippen MR) is 81.5 cm³/mol. The Morgan fingerprint density at radius 3 is 2.23 bits per heavy atom. The predicted octanol–water partition coefficient (Wildman–Crippen LogP) is 3.92. The molecule has 1 rings (SSSR count). The smallest absolute Gasteiger partial charge is 0.297 e. The normalized spacial score (nSPS) is 13.5. The van der Waals surface area contributed by atoms with Crippen LogP contribution in [0.5, 0.6) is 0 Å². The molecule has 0 bridgehead atoms. The zero-order valence-electron chi connectivity index (χ0n) is 13.0. The molecule has 1 aromatic carbocycles. The van der Waals surface area contributed by atoms with Crippen LogP contribution in [0.4, 0.5) is 13.2 Å². The molecule has 0 aliphatic heterocycles. The van der Waals surface area contributed by atoms with E-state index in [1.165, 1.54) is 36.2 Å². The van der Waals surface area contributed by atoms with Crippen molar-refractivity contribution in [2.45, 2.75) is 33.0 Å². The minimum Gasteiger partial charge on any atom is -0.297 e. The van der Waals surface area contributed by atoms with Crippen LogP contribution < -0.4 is 0 Å². The van der Waals surface area contributed by atoms with Gasteiger partial charge in [0.2, 0.25) is 5.78 Å². The Bertz CT molecular complexity index is 575. The molecule has 0 saturated heterocycles. The average Bonchev–Trinajstić information content (AvgIpc) is 2.43. The van der Waals surface area contributed by atoms with Gasteiger partial charge < -0.3 is 0 Å².